The first-order chi connectivity index (χ1) is 10.4. The predicted octanol–water partition coefficient (Wildman–Crippen LogP) is 4.03. The summed E-state index contributed by atoms with van der Waals surface area (Å²) in [6.45, 7) is 0. The Morgan fingerprint density at radius 3 is 2.64 bits per heavy atom. The van der Waals surface area contributed by atoms with Gasteiger partial charge in [-0.1, -0.05) is 22.0 Å². The number of rotatable bonds is 3. The van der Waals surface area contributed by atoms with Crippen LogP contribution in [-0.2, 0) is 10.8 Å². The molecule has 0 radical (unpaired) electrons. The smallest absolute Gasteiger partial charge is 0.200 e. The predicted molar refractivity (Wildman–Crippen MR) is 100 cm³/mol. The number of anilines is 1. The molecule has 22 heavy (non-hydrogen) atoms. The van der Waals surface area contributed by atoms with E-state index in [9.17, 15) is 4.21 Å². The summed E-state index contributed by atoms with van der Waals surface area (Å²) in [7, 11) is 0.787. The highest BCUT2D eigenvalue weighted by Gasteiger charge is 2.09. The summed E-state index contributed by atoms with van der Waals surface area (Å²) in [6, 6.07) is 13.1. The molecule has 0 amide bonds. The quantitative estimate of drug-likeness (QED) is 0.574. The van der Waals surface area contributed by atoms with Crippen molar-refractivity contribution in [2.24, 2.45) is 10.7 Å². The molecule has 0 spiro atoms. The molecule has 0 aliphatic rings. The van der Waals surface area contributed by atoms with Gasteiger partial charge >= 0.3 is 0 Å². The number of guanidine groups is 1. The van der Waals surface area contributed by atoms with Crippen molar-refractivity contribution >= 4 is 60.0 Å². The highest BCUT2D eigenvalue weighted by molar-refractivity contribution is 9.11. The fourth-order valence-electron chi connectivity index (χ4n) is 1.77. The Labute approximate surface area is 149 Å². The van der Waals surface area contributed by atoms with Crippen molar-refractivity contribution in [3.05, 3.63) is 51.4 Å². The van der Waals surface area contributed by atoms with Gasteiger partial charge in [-0.15, -0.1) is 0 Å². The highest BCUT2D eigenvalue weighted by Crippen LogP contribution is 2.29. The van der Waals surface area contributed by atoms with E-state index in [1.54, 1.807) is 11.2 Å². The Bertz CT molecular complexity index is 749. The first-order valence-electron chi connectivity index (χ1n) is 6.35. The van der Waals surface area contributed by atoms with Gasteiger partial charge in [-0.2, -0.15) is 0 Å². The number of nitrogens with zero attached hydrogens (tertiary/aromatic N) is 2. The van der Waals surface area contributed by atoms with E-state index in [2.05, 4.69) is 36.9 Å². The average Bonchev–Trinajstić information content (AvgIpc) is 2.50. The van der Waals surface area contributed by atoms with Crippen molar-refractivity contribution in [2.75, 3.05) is 18.2 Å². The molecule has 1 unspecified atom stereocenters. The minimum atomic E-state index is -1.03. The van der Waals surface area contributed by atoms with E-state index in [0.29, 0.717) is 5.96 Å². The molecule has 116 valence electrons. The number of benzene rings is 2. The standard InChI is InChI=1S/C15H15Br2N3OS/c1-20(11-4-3-5-12(9-11)22(2)21)15(18)19-14-8-10(16)6-7-13(14)17/h3-9H,1-2H3,(H2,18,19). The van der Waals surface area contributed by atoms with Gasteiger partial charge in [0, 0.05) is 43.6 Å². The minimum absolute atomic E-state index is 0.345. The highest BCUT2D eigenvalue weighted by atomic mass is 79.9. The molecule has 1 atom stereocenters. The summed E-state index contributed by atoms with van der Waals surface area (Å²) in [6.07, 6.45) is 1.65. The van der Waals surface area contributed by atoms with E-state index < -0.39 is 10.8 Å². The van der Waals surface area contributed by atoms with Gasteiger partial charge in [-0.05, 0) is 52.3 Å². The molecule has 2 aromatic rings. The molecule has 0 saturated heterocycles. The zero-order valence-corrected chi connectivity index (χ0v) is 16.1. The van der Waals surface area contributed by atoms with Crippen molar-refractivity contribution in [1.29, 1.82) is 0 Å². The zero-order valence-electron chi connectivity index (χ0n) is 12.1. The maximum absolute atomic E-state index is 11.6. The van der Waals surface area contributed by atoms with Crippen molar-refractivity contribution in [2.45, 2.75) is 4.90 Å². The Morgan fingerprint density at radius 2 is 1.95 bits per heavy atom. The van der Waals surface area contributed by atoms with Crippen LogP contribution in [0.2, 0.25) is 0 Å². The molecule has 7 heteroatoms. The molecule has 0 fully saturated rings. The fraction of sp³-hybridized carbons (Fsp3) is 0.133. The third kappa shape index (κ3) is 4.18. The van der Waals surface area contributed by atoms with Gasteiger partial charge in [0.1, 0.15) is 0 Å². The monoisotopic (exact) mass is 443 g/mol. The molecular weight excluding hydrogens is 430 g/mol. The first-order valence-corrected chi connectivity index (χ1v) is 9.49. The van der Waals surface area contributed by atoms with Crippen LogP contribution in [0.1, 0.15) is 0 Å². The summed E-state index contributed by atoms with van der Waals surface area (Å²) < 4.78 is 13.4. The number of aliphatic imine (C=N–C) groups is 1. The lowest BCUT2D eigenvalue weighted by Crippen LogP contribution is -2.33. The van der Waals surface area contributed by atoms with Crippen molar-refractivity contribution in [1.82, 2.24) is 0 Å². The van der Waals surface area contributed by atoms with Crippen molar-refractivity contribution in [3.8, 4) is 0 Å². The third-order valence-electron chi connectivity index (χ3n) is 3.02. The lowest BCUT2D eigenvalue weighted by Gasteiger charge is -2.19. The minimum Gasteiger partial charge on any atom is -0.369 e. The van der Waals surface area contributed by atoms with Crippen LogP contribution in [0.5, 0.6) is 0 Å². The summed E-state index contributed by atoms with van der Waals surface area (Å²) >= 11 is 6.87. The molecule has 2 rings (SSSR count). The number of hydrogen-bond donors (Lipinski definition) is 1. The van der Waals surface area contributed by atoms with Crippen molar-refractivity contribution in [3.63, 3.8) is 0 Å². The Balaban J connectivity index is 2.34. The van der Waals surface area contributed by atoms with Crippen LogP contribution in [0.4, 0.5) is 11.4 Å². The number of hydrogen-bond acceptors (Lipinski definition) is 2. The van der Waals surface area contributed by atoms with E-state index in [-0.39, 0.29) is 0 Å². The van der Waals surface area contributed by atoms with Crippen LogP contribution >= 0.6 is 31.9 Å². The van der Waals surface area contributed by atoms with Gasteiger partial charge in [0.15, 0.2) is 0 Å². The maximum atomic E-state index is 11.6. The summed E-state index contributed by atoms with van der Waals surface area (Å²) in [4.78, 5) is 6.94. The number of nitrogens with two attached hydrogens (primary N) is 1. The molecule has 2 N–H and O–H groups in total. The maximum Gasteiger partial charge on any atom is 0.200 e. The third-order valence-corrected chi connectivity index (χ3v) is 5.11. The van der Waals surface area contributed by atoms with Crippen LogP contribution in [0, 0.1) is 0 Å². The van der Waals surface area contributed by atoms with Crippen LogP contribution in [0.15, 0.2) is 61.3 Å². The van der Waals surface area contributed by atoms with Crippen LogP contribution in [0.25, 0.3) is 0 Å². The zero-order chi connectivity index (χ0) is 16.3. The Morgan fingerprint density at radius 1 is 1.23 bits per heavy atom. The Kier molecular flexibility index (Phi) is 5.77. The van der Waals surface area contributed by atoms with Crippen LogP contribution in [-0.4, -0.2) is 23.5 Å². The lowest BCUT2D eigenvalue weighted by atomic mass is 10.3. The molecular formula is C15H15Br2N3OS. The lowest BCUT2D eigenvalue weighted by molar-refractivity contribution is 0.687. The molecule has 0 bridgehead atoms. The van der Waals surface area contributed by atoms with Gasteiger partial charge in [0.25, 0.3) is 0 Å². The van der Waals surface area contributed by atoms with E-state index in [0.717, 1.165) is 25.2 Å². The van der Waals surface area contributed by atoms with Gasteiger partial charge in [0.2, 0.25) is 5.96 Å². The van der Waals surface area contributed by atoms with Gasteiger partial charge in [-0.3, -0.25) is 4.21 Å². The molecule has 0 aromatic heterocycles. The fourth-order valence-corrected chi connectivity index (χ4v) is 3.01. The van der Waals surface area contributed by atoms with E-state index in [4.69, 9.17) is 5.73 Å². The second kappa shape index (κ2) is 7.39. The molecule has 0 aliphatic heterocycles. The average molecular weight is 445 g/mol. The number of halogens is 2. The molecule has 0 aliphatic carbocycles. The molecule has 2 aromatic carbocycles. The topological polar surface area (TPSA) is 58.7 Å². The summed E-state index contributed by atoms with van der Waals surface area (Å²) in [5.41, 5.74) is 7.65. The molecule has 0 heterocycles. The van der Waals surface area contributed by atoms with E-state index in [1.165, 1.54) is 0 Å². The second-order valence-corrected chi connectivity index (χ2v) is 7.73. The SMILES string of the molecule is CN(C(N)=Nc1cc(Br)ccc1Br)c1cccc(S(C)=O)c1. The largest absolute Gasteiger partial charge is 0.369 e. The van der Waals surface area contributed by atoms with Gasteiger partial charge in [0.05, 0.1) is 5.69 Å². The molecule has 0 saturated carbocycles. The van der Waals surface area contributed by atoms with Crippen molar-refractivity contribution < 1.29 is 4.21 Å². The summed E-state index contributed by atoms with van der Waals surface area (Å²) in [5, 5.41) is 0. The van der Waals surface area contributed by atoms with Gasteiger partial charge < -0.3 is 10.6 Å². The van der Waals surface area contributed by atoms with Crippen LogP contribution < -0.4 is 10.6 Å². The second-order valence-electron chi connectivity index (χ2n) is 4.58. The Hall–Kier alpha value is -1.18. The summed E-state index contributed by atoms with van der Waals surface area (Å²) in [5.74, 6) is 0.345. The first kappa shape index (κ1) is 17.2. The van der Waals surface area contributed by atoms with E-state index in [1.807, 2.05) is 49.5 Å². The molecule has 4 nitrogen and oxygen atoms in total. The normalized spacial score (nSPS) is 13.0. The van der Waals surface area contributed by atoms with Gasteiger partial charge in [-0.25, -0.2) is 4.99 Å². The van der Waals surface area contributed by atoms with Crippen LogP contribution in [0.3, 0.4) is 0 Å². The van der Waals surface area contributed by atoms with E-state index >= 15 is 0 Å².